The van der Waals surface area contributed by atoms with Crippen LogP contribution in [0.1, 0.15) is 17.2 Å². The summed E-state index contributed by atoms with van der Waals surface area (Å²) in [5.74, 6) is -0.244. The Bertz CT molecular complexity index is 1190. The Balaban J connectivity index is 1.59. The minimum Gasteiger partial charge on any atom is -0.379 e. The number of amides is 1. The number of ether oxygens (including phenoxy) is 1. The van der Waals surface area contributed by atoms with E-state index in [1.807, 2.05) is 61.5 Å². The third-order valence-corrected chi connectivity index (χ3v) is 7.36. The van der Waals surface area contributed by atoms with E-state index in [1.54, 1.807) is 24.3 Å². The van der Waals surface area contributed by atoms with Gasteiger partial charge in [0.25, 0.3) is 5.91 Å². The average molecular weight is 466 g/mol. The number of morpholine rings is 1. The van der Waals surface area contributed by atoms with Gasteiger partial charge in [0.15, 0.2) is 0 Å². The number of carbonyl (C=O) groups is 1. The molecule has 172 valence electrons. The highest BCUT2D eigenvalue weighted by atomic mass is 32.2. The maximum atomic E-state index is 13.2. The van der Waals surface area contributed by atoms with Crippen molar-refractivity contribution in [3.8, 4) is 0 Å². The molecule has 0 saturated carbocycles. The highest BCUT2D eigenvalue weighted by Gasteiger charge is 2.27. The number of rotatable bonds is 7. The second kappa shape index (κ2) is 10.2. The number of aryl methyl sites for hydroxylation is 1. The fourth-order valence-corrected chi connectivity index (χ4v) is 5.10. The zero-order valence-corrected chi connectivity index (χ0v) is 19.2. The average Bonchev–Trinajstić information content (AvgIpc) is 2.85. The van der Waals surface area contributed by atoms with Crippen molar-refractivity contribution in [3.63, 3.8) is 0 Å². The van der Waals surface area contributed by atoms with E-state index in [0.29, 0.717) is 37.7 Å². The van der Waals surface area contributed by atoms with Crippen LogP contribution in [0.25, 0.3) is 0 Å². The lowest BCUT2D eigenvalue weighted by Gasteiger charge is -2.26. The molecule has 8 heteroatoms. The Hall–Kier alpha value is -3.20. The van der Waals surface area contributed by atoms with Crippen LogP contribution in [0, 0.1) is 6.92 Å². The number of benzene rings is 3. The predicted octanol–water partition coefficient (Wildman–Crippen LogP) is 3.81. The SMILES string of the molecule is Cc1ccc(NC(=O)C(Nc2cccc(S(=O)(=O)N3CCOCC3)c2)c2ccccc2)cc1. The van der Waals surface area contributed by atoms with E-state index in [1.165, 1.54) is 4.31 Å². The van der Waals surface area contributed by atoms with Crippen molar-refractivity contribution in [1.82, 2.24) is 4.31 Å². The van der Waals surface area contributed by atoms with Crippen molar-refractivity contribution >= 4 is 27.3 Å². The van der Waals surface area contributed by atoms with E-state index < -0.39 is 16.1 Å². The molecule has 1 heterocycles. The number of nitrogens with one attached hydrogen (secondary N) is 2. The highest BCUT2D eigenvalue weighted by Crippen LogP contribution is 2.25. The van der Waals surface area contributed by atoms with E-state index >= 15 is 0 Å². The molecular formula is C25H27N3O4S. The van der Waals surface area contributed by atoms with Crippen molar-refractivity contribution in [2.24, 2.45) is 0 Å². The minimum absolute atomic E-state index is 0.181. The molecule has 1 fully saturated rings. The molecule has 1 aliphatic rings. The van der Waals surface area contributed by atoms with E-state index in [9.17, 15) is 13.2 Å². The predicted molar refractivity (Wildman–Crippen MR) is 129 cm³/mol. The van der Waals surface area contributed by atoms with E-state index in [-0.39, 0.29) is 10.8 Å². The Morgan fingerprint density at radius 1 is 0.909 bits per heavy atom. The molecule has 33 heavy (non-hydrogen) atoms. The van der Waals surface area contributed by atoms with Crippen LogP contribution >= 0.6 is 0 Å². The summed E-state index contributed by atoms with van der Waals surface area (Å²) in [4.78, 5) is 13.4. The first-order valence-corrected chi connectivity index (χ1v) is 12.2. The largest absolute Gasteiger partial charge is 0.379 e. The van der Waals surface area contributed by atoms with Gasteiger partial charge in [-0.25, -0.2) is 8.42 Å². The van der Waals surface area contributed by atoms with Gasteiger partial charge in [0.05, 0.1) is 18.1 Å². The molecule has 2 N–H and O–H groups in total. The molecule has 1 aliphatic heterocycles. The Labute approximate surface area is 194 Å². The molecule has 3 aromatic rings. The summed E-state index contributed by atoms with van der Waals surface area (Å²) in [7, 11) is -3.65. The van der Waals surface area contributed by atoms with Crippen molar-refractivity contribution in [2.45, 2.75) is 17.9 Å². The van der Waals surface area contributed by atoms with Gasteiger partial charge in [-0.15, -0.1) is 0 Å². The van der Waals surface area contributed by atoms with Gasteiger partial charge in [-0.2, -0.15) is 4.31 Å². The normalized spacial score (nSPS) is 15.5. The van der Waals surface area contributed by atoms with Gasteiger partial charge in [0, 0.05) is 24.5 Å². The quantitative estimate of drug-likeness (QED) is 0.554. The molecule has 4 rings (SSSR count). The van der Waals surface area contributed by atoms with Crippen LogP contribution < -0.4 is 10.6 Å². The molecule has 1 saturated heterocycles. The zero-order chi connectivity index (χ0) is 23.3. The fraction of sp³-hybridized carbons (Fsp3) is 0.240. The second-order valence-corrected chi connectivity index (χ2v) is 9.83. The van der Waals surface area contributed by atoms with Crippen LogP contribution in [0.2, 0.25) is 0 Å². The number of hydrogen-bond acceptors (Lipinski definition) is 5. The molecular weight excluding hydrogens is 438 g/mol. The molecule has 0 aliphatic carbocycles. The van der Waals surface area contributed by atoms with Gasteiger partial charge in [0.2, 0.25) is 10.0 Å². The lowest BCUT2D eigenvalue weighted by Crippen LogP contribution is -2.40. The number of nitrogens with zero attached hydrogens (tertiary/aromatic N) is 1. The first-order valence-electron chi connectivity index (χ1n) is 10.8. The standard InChI is InChI=1S/C25H27N3O4S/c1-19-10-12-21(13-11-19)27-25(29)24(20-6-3-2-4-7-20)26-22-8-5-9-23(18-22)33(30,31)28-14-16-32-17-15-28/h2-13,18,24,26H,14-17H2,1H3,(H,27,29). The Kier molecular flexibility index (Phi) is 7.08. The van der Waals surface area contributed by atoms with E-state index in [0.717, 1.165) is 11.1 Å². The monoisotopic (exact) mass is 465 g/mol. The molecule has 0 aromatic heterocycles. The molecule has 0 bridgehead atoms. The molecule has 1 amide bonds. The minimum atomic E-state index is -3.65. The highest BCUT2D eigenvalue weighted by molar-refractivity contribution is 7.89. The van der Waals surface area contributed by atoms with Crippen molar-refractivity contribution in [3.05, 3.63) is 90.0 Å². The summed E-state index contributed by atoms with van der Waals surface area (Å²) in [6.45, 7) is 3.40. The first kappa shape index (κ1) is 23.0. The van der Waals surface area contributed by atoms with Gasteiger partial charge < -0.3 is 15.4 Å². The third kappa shape index (κ3) is 5.60. The molecule has 7 nitrogen and oxygen atoms in total. The van der Waals surface area contributed by atoms with E-state index in [2.05, 4.69) is 10.6 Å². The summed E-state index contributed by atoms with van der Waals surface area (Å²) >= 11 is 0. The van der Waals surface area contributed by atoms with Crippen LogP contribution in [0.4, 0.5) is 11.4 Å². The Morgan fingerprint density at radius 2 is 1.61 bits per heavy atom. The van der Waals surface area contributed by atoms with Crippen LogP contribution in [0.3, 0.4) is 0 Å². The van der Waals surface area contributed by atoms with Gasteiger partial charge in [-0.3, -0.25) is 4.79 Å². The van der Waals surface area contributed by atoms with Crippen LogP contribution in [-0.2, 0) is 19.6 Å². The maximum Gasteiger partial charge on any atom is 0.251 e. The zero-order valence-electron chi connectivity index (χ0n) is 18.4. The Morgan fingerprint density at radius 3 is 2.30 bits per heavy atom. The lowest BCUT2D eigenvalue weighted by molar-refractivity contribution is -0.117. The van der Waals surface area contributed by atoms with Crippen molar-refractivity contribution in [1.29, 1.82) is 0 Å². The number of anilines is 2. The van der Waals surface area contributed by atoms with Gasteiger partial charge in [-0.1, -0.05) is 54.1 Å². The smallest absolute Gasteiger partial charge is 0.251 e. The van der Waals surface area contributed by atoms with Gasteiger partial charge in [-0.05, 0) is 42.8 Å². The van der Waals surface area contributed by atoms with Gasteiger partial charge in [0.1, 0.15) is 6.04 Å². The van der Waals surface area contributed by atoms with Crippen LogP contribution in [0.5, 0.6) is 0 Å². The van der Waals surface area contributed by atoms with Crippen molar-refractivity contribution < 1.29 is 17.9 Å². The number of hydrogen-bond donors (Lipinski definition) is 2. The summed E-state index contributed by atoms with van der Waals surface area (Å²) in [5.41, 5.74) is 3.10. The molecule has 0 spiro atoms. The maximum absolute atomic E-state index is 13.2. The molecule has 3 aromatic carbocycles. The van der Waals surface area contributed by atoms with Crippen molar-refractivity contribution in [2.75, 3.05) is 36.9 Å². The second-order valence-electron chi connectivity index (χ2n) is 7.89. The summed E-state index contributed by atoms with van der Waals surface area (Å²) in [6, 6.07) is 22.8. The van der Waals surface area contributed by atoms with E-state index in [4.69, 9.17) is 4.74 Å². The van der Waals surface area contributed by atoms with Gasteiger partial charge >= 0.3 is 0 Å². The third-order valence-electron chi connectivity index (χ3n) is 5.47. The van der Waals surface area contributed by atoms with Crippen LogP contribution in [0.15, 0.2) is 83.8 Å². The number of carbonyl (C=O) groups excluding carboxylic acids is 1. The summed E-state index contributed by atoms with van der Waals surface area (Å²) in [5, 5.41) is 6.17. The fourth-order valence-electron chi connectivity index (χ4n) is 3.65. The first-order chi connectivity index (χ1) is 15.9. The molecule has 1 atom stereocenters. The summed E-state index contributed by atoms with van der Waals surface area (Å²) in [6.07, 6.45) is 0. The summed E-state index contributed by atoms with van der Waals surface area (Å²) < 4.78 is 32.8. The lowest BCUT2D eigenvalue weighted by atomic mass is 10.1. The van der Waals surface area contributed by atoms with Crippen LogP contribution in [-0.4, -0.2) is 44.9 Å². The topological polar surface area (TPSA) is 87.7 Å². The molecule has 0 radical (unpaired) electrons. The number of sulfonamides is 1. The molecule has 1 unspecified atom stereocenters.